The van der Waals surface area contributed by atoms with Gasteiger partial charge in [0.1, 0.15) is 11.8 Å². The van der Waals surface area contributed by atoms with Crippen molar-refractivity contribution < 1.29 is 23.5 Å². The zero-order valence-corrected chi connectivity index (χ0v) is 18.0. The standard InChI is InChI=1S/C23H25N3O5/c1-14-12-16(28-2)8-9-17(14)23(27)26-11-5-6-18(26)22-24-21(25-31-22)15-7-10-19(29-3)20(13-15)30-4/h7-10,12-13,18H,5-6,11H2,1-4H3/t18-/m0/s1. The van der Waals surface area contributed by atoms with Gasteiger partial charge in [-0.2, -0.15) is 4.98 Å². The molecule has 0 radical (unpaired) electrons. The first kappa shape index (κ1) is 20.7. The third kappa shape index (κ3) is 3.93. The second kappa shape index (κ2) is 8.67. The van der Waals surface area contributed by atoms with Crippen molar-refractivity contribution in [3.63, 3.8) is 0 Å². The minimum atomic E-state index is -0.254. The number of aromatic nitrogens is 2. The number of aryl methyl sites for hydroxylation is 1. The van der Waals surface area contributed by atoms with Crippen molar-refractivity contribution in [1.82, 2.24) is 15.0 Å². The Labute approximate surface area is 180 Å². The predicted molar refractivity (Wildman–Crippen MR) is 114 cm³/mol. The highest BCUT2D eigenvalue weighted by atomic mass is 16.5. The molecule has 1 amide bonds. The lowest BCUT2D eigenvalue weighted by atomic mass is 10.1. The lowest BCUT2D eigenvalue weighted by molar-refractivity contribution is 0.0709. The maximum atomic E-state index is 13.2. The Morgan fingerprint density at radius 3 is 2.58 bits per heavy atom. The molecule has 2 aromatic carbocycles. The predicted octanol–water partition coefficient (Wildman–Crippen LogP) is 4.05. The zero-order valence-electron chi connectivity index (χ0n) is 18.0. The zero-order chi connectivity index (χ0) is 22.0. The van der Waals surface area contributed by atoms with Gasteiger partial charge in [0, 0.05) is 17.7 Å². The molecule has 1 saturated heterocycles. The Morgan fingerprint density at radius 1 is 1.06 bits per heavy atom. The Morgan fingerprint density at radius 2 is 1.87 bits per heavy atom. The van der Waals surface area contributed by atoms with Gasteiger partial charge in [-0.05, 0) is 61.7 Å². The van der Waals surface area contributed by atoms with Crippen LogP contribution in [0.4, 0.5) is 0 Å². The first-order chi connectivity index (χ1) is 15.0. The summed E-state index contributed by atoms with van der Waals surface area (Å²) in [5.74, 6) is 2.76. The molecule has 3 aromatic rings. The summed E-state index contributed by atoms with van der Waals surface area (Å²) in [6.07, 6.45) is 1.65. The maximum Gasteiger partial charge on any atom is 0.254 e. The average molecular weight is 423 g/mol. The number of amides is 1. The van der Waals surface area contributed by atoms with Gasteiger partial charge in [0.2, 0.25) is 11.7 Å². The van der Waals surface area contributed by atoms with Crippen LogP contribution in [-0.4, -0.2) is 48.8 Å². The molecule has 1 aromatic heterocycles. The first-order valence-corrected chi connectivity index (χ1v) is 10.1. The van der Waals surface area contributed by atoms with Crippen LogP contribution in [0.15, 0.2) is 40.9 Å². The van der Waals surface area contributed by atoms with Crippen LogP contribution in [0.1, 0.15) is 40.7 Å². The molecule has 2 heterocycles. The van der Waals surface area contributed by atoms with Crippen molar-refractivity contribution in [2.45, 2.75) is 25.8 Å². The maximum absolute atomic E-state index is 13.2. The Balaban J connectivity index is 1.59. The number of ether oxygens (including phenoxy) is 3. The summed E-state index contributed by atoms with van der Waals surface area (Å²) >= 11 is 0. The Bertz CT molecular complexity index is 1090. The quantitative estimate of drug-likeness (QED) is 0.591. The Hall–Kier alpha value is -3.55. The van der Waals surface area contributed by atoms with E-state index in [1.807, 2.05) is 19.1 Å². The number of hydrogen-bond acceptors (Lipinski definition) is 7. The van der Waals surface area contributed by atoms with Crippen LogP contribution < -0.4 is 14.2 Å². The minimum Gasteiger partial charge on any atom is -0.497 e. The van der Waals surface area contributed by atoms with E-state index < -0.39 is 0 Å². The summed E-state index contributed by atoms with van der Waals surface area (Å²) in [5.41, 5.74) is 2.26. The van der Waals surface area contributed by atoms with Crippen LogP contribution >= 0.6 is 0 Å². The van der Waals surface area contributed by atoms with Crippen LogP contribution in [0.5, 0.6) is 17.2 Å². The Kier molecular flexibility index (Phi) is 5.79. The molecule has 1 atom stereocenters. The van der Waals surface area contributed by atoms with Crippen molar-refractivity contribution in [2.75, 3.05) is 27.9 Å². The number of likely N-dealkylation sites (tertiary alicyclic amines) is 1. The summed E-state index contributed by atoms with van der Waals surface area (Å²) in [6, 6.07) is 10.6. The minimum absolute atomic E-state index is 0.0477. The van der Waals surface area contributed by atoms with Gasteiger partial charge in [-0.25, -0.2) is 0 Å². The van der Waals surface area contributed by atoms with Crippen LogP contribution in [0.25, 0.3) is 11.4 Å². The number of benzene rings is 2. The number of carbonyl (C=O) groups excluding carboxylic acids is 1. The monoisotopic (exact) mass is 423 g/mol. The SMILES string of the molecule is COc1ccc(C(=O)N2CCC[C@H]2c2nc(-c3ccc(OC)c(OC)c3)no2)c(C)c1. The molecule has 1 fully saturated rings. The summed E-state index contributed by atoms with van der Waals surface area (Å²) in [4.78, 5) is 19.6. The molecule has 0 N–H and O–H groups in total. The molecule has 0 aliphatic carbocycles. The van der Waals surface area contributed by atoms with Gasteiger partial charge in [-0.3, -0.25) is 4.79 Å². The number of nitrogens with zero attached hydrogens (tertiary/aromatic N) is 3. The third-order valence-electron chi connectivity index (χ3n) is 5.55. The van der Waals surface area contributed by atoms with Gasteiger partial charge in [-0.1, -0.05) is 5.16 Å². The van der Waals surface area contributed by atoms with Gasteiger partial charge in [0.15, 0.2) is 11.5 Å². The van der Waals surface area contributed by atoms with Crippen molar-refractivity contribution in [2.24, 2.45) is 0 Å². The molecule has 1 aliphatic heterocycles. The smallest absolute Gasteiger partial charge is 0.254 e. The van der Waals surface area contributed by atoms with Gasteiger partial charge >= 0.3 is 0 Å². The van der Waals surface area contributed by atoms with Crippen LogP contribution in [0.2, 0.25) is 0 Å². The molecular formula is C23H25N3O5. The molecule has 8 heteroatoms. The largest absolute Gasteiger partial charge is 0.497 e. The molecule has 0 bridgehead atoms. The van der Waals surface area contributed by atoms with Crippen molar-refractivity contribution in [1.29, 1.82) is 0 Å². The van der Waals surface area contributed by atoms with E-state index in [9.17, 15) is 4.79 Å². The van der Waals surface area contributed by atoms with E-state index in [2.05, 4.69) is 10.1 Å². The van der Waals surface area contributed by atoms with E-state index in [-0.39, 0.29) is 11.9 Å². The van der Waals surface area contributed by atoms with Gasteiger partial charge in [0.05, 0.1) is 21.3 Å². The summed E-state index contributed by atoms with van der Waals surface area (Å²) < 4.78 is 21.5. The van der Waals surface area contributed by atoms with E-state index in [1.54, 1.807) is 50.5 Å². The lowest BCUT2D eigenvalue weighted by Crippen LogP contribution is -2.31. The van der Waals surface area contributed by atoms with Crippen LogP contribution in [0.3, 0.4) is 0 Å². The molecule has 0 saturated carbocycles. The highest BCUT2D eigenvalue weighted by Gasteiger charge is 2.35. The summed E-state index contributed by atoms with van der Waals surface area (Å²) in [7, 11) is 4.77. The number of hydrogen-bond donors (Lipinski definition) is 0. The van der Waals surface area contributed by atoms with E-state index in [0.29, 0.717) is 35.3 Å². The third-order valence-corrected chi connectivity index (χ3v) is 5.55. The molecule has 0 spiro atoms. The fourth-order valence-corrected chi connectivity index (χ4v) is 3.89. The van der Waals surface area contributed by atoms with E-state index >= 15 is 0 Å². The fraction of sp³-hybridized carbons (Fsp3) is 0.348. The van der Waals surface area contributed by atoms with E-state index in [1.165, 1.54) is 0 Å². The molecule has 162 valence electrons. The van der Waals surface area contributed by atoms with E-state index in [4.69, 9.17) is 18.7 Å². The molecular weight excluding hydrogens is 398 g/mol. The summed E-state index contributed by atoms with van der Waals surface area (Å²) in [6.45, 7) is 2.55. The van der Waals surface area contributed by atoms with Crippen molar-refractivity contribution in [3.05, 3.63) is 53.4 Å². The second-order valence-corrected chi connectivity index (χ2v) is 7.36. The number of methoxy groups -OCH3 is 3. The highest BCUT2D eigenvalue weighted by molar-refractivity contribution is 5.96. The summed E-state index contributed by atoms with van der Waals surface area (Å²) in [5, 5.41) is 4.13. The van der Waals surface area contributed by atoms with Gasteiger partial charge in [0.25, 0.3) is 5.91 Å². The van der Waals surface area contributed by atoms with Crippen molar-refractivity contribution in [3.8, 4) is 28.6 Å². The van der Waals surface area contributed by atoms with Gasteiger partial charge < -0.3 is 23.6 Å². The average Bonchev–Trinajstić information content (AvgIpc) is 3.47. The highest BCUT2D eigenvalue weighted by Crippen LogP contribution is 2.35. The fourth-order valence-electron chi connectivity index (χ4n) is 3.89. The van der Waals surface area contributed by atoms with Gasteiger partial charge in [-0.15, -0.1) is 0 Å². The topological polar surface area (TPSA) is 86.9 Å². The van der Waals surface area contributed by atoms with Crippen molar-refractivity contribution >= 4 is 5.91 Å². The lowest BCUT2D eigenvalue weighted by Gasteiger charge is -2.23. The molecule has 8 nitrogen and oxygen atoms in total. The molecule has 4 rings (SSSR count). The number of rotatable bonds is 6. The molecule has 31 heavy (non-hydrogen) atoms. The number of carbonyl (C=O) groups is 1. The van der Waals surface area contributed by atoms with Crippen LogP contribution in [0, 0.1) is 6.92 Å². The first-order valence-electron chi connectivity index (χ1n) is 10.1. The van der Waals surface area contributed by atoms with E-state index in [0.717, 1.165) is 29.7 Å². The molecule has 1 aliphatic rings. The molecule has 0 unspecified atom stereocenters. The normalized spacial score (nSPS) is 15.7. The van der Waals surface area contributed by atoms with Crippen LogP contribution in [-0.2, 0) is 0 Å². The second-order valence-electron chi connectivity index (χ2n) is 7.36.